The van der Waals surface area contributed by atoms with Gasteiger partial charge in [-0.3, -0.25) is 0 Å². The molecule has 0 radical (unpaired) electrons. The SMILES string of the molecule is COC(=O)C1=CCC(C)(c2ccc(C3=Nc4c(N)ncnc4OC3(C)C)cc2)CC1. The second-order valence-electron chi connectivity index (χ2n) is 8.55. The molecule has 4 rings (SSSR count). The van der Waals surface area contributed by atoms with Gasteiger partial charge in [-0.05, 0) is 44.1 Å². The number of aromatic nitrogens is 2. The number of carbonyl (C=O) groups excluding carboxylic acids is 1. The highest BCUT2D eigenvalue weighted by molar-refractivity contribution is 6.09. The molecule has 1 aliphatic carbocycles. The number of carbonyl (C=O) groups is 1. The van der Waals surface area contributed by atoms with Gasteiger partial charge in [-0.15, -0.1) is 0 Å². The molecule has 7 nitrogen and oxygen atoms in total. The van der Waals surface area contributed by atoms with Crippen LogP contribution in [-0.4, -0.2) is 34.4 Å². The first kappa shape index (κ1) is 20.1. The average Bonchev–Trinajstić information content (AvgIpc) is 2.73. The molecule has 2 N–H and O–H groups in total. The van der Waals surface area contributed by atoms with E-state index < -0.39 is 5.60 Å². The molecule has 2 heterocycles. The average molecular weight is 406 g/mol. The van der Waals surface area contributed by atoms with Gasteiger partial charge >= 0.3 is 5.97 Å². The summed E-state index contributed by atoms with van der Waals surface area (Å²) in [6.07, 6.45) is 5.79. The van der Waals surface area contributed by atoms with Crippen molar-refractivity contribution in [3.05, 3.63) is 53.4 Å². The summed E-state index contributed by atoms with van der Waals surface area (Å²) in [5, 5.41) is 0. The monoisotopic (exact) mass is 406 g/mol. The zero-order valence-corrected chi connectivity index (χ0v) is 17.7. The normalized spacial score (nSPS) is 22.3. The van der Waals surface area contributed by atoms with E-state index in [1.165, 1.54) is 19.0 Å². The molecule has 156 valence electrons. The van der Waals surface area contributed by atoms with Crippen molar-refractivity contribution >= 4 is 23.2 Å². The minimum atomic E-state index is -0.651. The van der Waals surface area contributed by atoms with E-state index in [4.69, 9.17) is 20.2 Å². The van der Waals surface area contributed by atoms with Crippen LogP contribution in [0.1, 0.15) is 51.2 Å². The highest BCUT2D eigenvalue weighted by Crippen LogP contribution is 2.41. The van der Waals surface area contributed by atoms with Crippen molar-refractivity contribution < 1.29 is 14.3 Å². The molecule has 30 heavy (non-hydrogen) atoms. The minimum absolute atomic E-state index is 0.0265. The van der Waals surface area contributed by atoms with Gasteiger partial charge in [0.25, 0.3) is 0 Å². The van der Waals surface area contributed by atoms with Gasteiger partial charge in [-0.25, -0.2) is 14.8 Å². The van der Waals surface area contributed by atoms with Gasteiger partial charge in [0.1, 0.15) is 11.9 Å². The first-order valence-corrected chi connectivity index (χ1v) is 10.0. The van der Waals surface area contributed by atoms with E-state index in [0.29, 0.717) is 23.8 Å². The van der Waals surface area contributed by atoms with E-state index in [1.54, 1.807) is 0 Å². The summed E-state index contributed by atoms with van der Waals surface area (Å²) in [5.74, 6) is 0.469. The molecule has 2 aromatic rings. The topological polar surface area (TPSA) is 99.7 Å². The van der Waals surface area contributed by atoms with Crippen LogP contribution < -0.4 is 10.5 Å². The molecule has 0 spiro atoms. The van der Waals surface area contributed by atoms with E-state index in [2.05, 4.69) is 41.2 Å². The molecular weight excluding hydrogens is 380 g/mol. The van der Waals surface area contributed by atoms with Crippen molar-refractivity contribution in [3.63, 3.8) is 0 Å². The number of esters is 1. The molecule has 1 aromatic carbocycles. The number of allylic oxidation sites excluding steroid dienone is 1. The van der Waals surface area contributed by atoms with Gasteiger partial charge in [-0.2, -0.15) is 4.98 Å². The maximum atomic E-state index is 11.8. The van der Waals surface area contributed by atoms with E-state index >= 15 is 0 Å². The third-order valence-corrected chi connectivity index (χ3v) is 6.01. The summed E-state index contributed by atoms with van der Waals surface area (Å²) in [6.45, 7) is 6.15. The minimum Gasteiger partial charge on any atom is -0.466 e. The van der Waals surface area contributed by atoms with Crippen LogP contribution >= 0.6 is 0 Å². The molecule has 1 atom stereocenters. The lowest BCUT2D eigenvalue weighted by molar-refractivity contribution is -0.136. The number of benzene rings is 1. The fourth-order valence-electron chi connectivity index (χ4n) is 4.08. The number of hydrogen-bond acceptors (Lipinski definition) is 7. The molecule has 0 amide bonds. The molecule has 0 saturated heterocycles. The summed E-state index contributed by atoms with van der Waals surface area (Å²) < 4.78 is 10.9. The lowest BCUT2D eigenvalue weighted by atomic mass is 9.71. The zero-order valence-electron chi connectivity index (χ0n) is 17.7. The lowest BCUT2D eigenvalue weighted by Crippen LogP contribution is -2.41. The fourth-order valence-corrected chi connectivity index (χ4v) is 4.08. The van der Waals surface area contributed by atoms with Crippen LogP contribution in [0.15, 0.2) is 47.2 Å². The number of nitrogen functional groups attached to an aromatic ring is 1. The Balaban J connectivity index is 1.63. The number of nitrogens with zero attached hydrogens (tertiary/aromatic N) is 3. The number of anilines is 1. The number of aliphatic imine (C=N–C) groups is 1. The Morgan fingerprint density at radius 3 is 2.53 bits per heavy atom. The number of methoxy groups -OCH3 is 1. The molecule has 7 heteroatoms. The van der Waals surface area contributed by atoms with E-state index in [0.717, 1.165) is 29.7 Å². The van der Waals surface area contributed by atoms with E-state index in [-0.39, 0.29) is 11.4 Å². The molecule has 1 aromatic heterocycles. The molecule has 2 aliphatic rings. The van der Waals surface area contributed by atoms with Crippen LogP contribution in [0.5, 0.6) is 5.88 Å². The third-order valence-electron chi connectivity index (χ3n) is 6.01. The molecule has 1 unspecified atom stereocenters. The van der Waals surface area contributed by atoms with Crippen LogP contribution in [0.3, 0.4) is 0 Å². The van der Waals surface area contributed by atoms with Crippen molar-refractivity contribution in [2.75, 3.05) is 12.8 Å². The van der Waals surface area contributed by atoms with E-state index in [9.17, 15) is 4.79 Å². The van der Waals surface area contributed by atoms with Crippen molar-refractivity contribution in [1.29, 1.82) is 0 Å². The van der Waals surface area contributed by atoms with Crippen molar-refractivity contribution in [2.24, 2.45) is 4.99 Å². The van der Waals surface area contributed by atoms with Crippen LogP contribution in [0.2, 0.25) is 0 Å². The summed E-state index contributed by atoms with van der Waals surface area (Å²) in [5.41, 5.74) is 9.50. The van der Waals surface area contributed by atoms with Gasteiger partial charge in [0, 0.05) is 11.1 Å². The number of rotatable bonds is 3. The van der Waals surface area contributed by atoms with Gasteiger partial charge in [0.2, 0.25) is 5.88 Å². The predicted octanol–water partition coefficient (Wildman–Crippen LogP) is 3.89. The first-order chi connectivity index (χ1) is 14.2. The number of hydrogen-bond donors (Lipinski definition) is 1. The van der Waals surface area contributed by atoms with Gasteiger partial charge in [-0.1, -0.05) is 37.3 Å². The first-order valence-electron chi connectivity index (χ1n) is 10.0. The van der Waals surface area contributed by atoms with Crippen molar-refractivity contribution in [3.8, 4) is 5.88 Å². The van der Waals surface area contributed by atoms with Crippen LogP contribution in [-0.2, 0) is 14.9 Å². The Morgan fingerprint density at radius 1 is 1.17 bits per heavy atom. The largest absolute Gasteiger partial charge is 0.466 e. The third kappa shape index (κ3) is 3.44. The van der Waals surface area contributed by atoms with Crippen LogP contribution in [0.4, 0.5) is 11.5 Å². The molecule has 0 saturated carbocycles. The Kier molecular flexibility index (Phi) is 4.84. The second kappa shape index (κ2) is 7.23. The number of fused-ring (bicyclic) bond motifs is 1. The number of ether oxygens (including phenoxy) is 2. The summed E-state index contributed by atoms with van der Waals surface area (Å²) in [4.78, 5) is 24.7. The Morgan fingerprint density at radius 2 is 1.90 bits per heavy atom. The zero-order chi connectivity index (χ0) is 21.5. The van der Waals surface area contributed by atoms with Crippen LogP contribution in [0.25, 0.3) is 0 Å². The maximum absolute atomic E-state index is 11.8. The molecule has 1 aliphatic heterocycles. The Hall–Kier alpha value is -3.22. The van der Waals surface area contributed by atoms with Gasteiger partial charge < -0.3 is 15.2 Å². The highest BCUT2D eigenvalue weighted by atomic mass is 16.5. The Labute approximate surface area is 176 Å². The second-order valence-corrected chi connectivity index (χ2v) is 8.55. The molecule has 0 bridgehead atoms. The van der Waals surface area contributed by atoms with E-state index in [1.807, 2.05) is 19.9 Å². The van der Waals surface area contributed by atoms with Crippen molar-refractivity contribution in [1.82, 2.24) is 9.97 Å². The highest BCUT2D eigenvalue weighted by Gasteiger charge is 2.36. The lowest BCUT2D eigenvalue weighted by Gasteiger charge is -2.34. The Bertz CT molecular complexity index is 1060. The van der Waals surface area contributed by atoms with Crippen molar-refractivity contribution in [2.45, 2.75) is 51.0 Å². The standard InChI is InChI=1S/C23H26N4O3/c1-22(2)18(27-17-19(24)25-13-26-20(17)30-22)14-5-7-16(8-6-14)23(3)11-9-15(10-12-23)21(28)29-4/h5-9,13H,10-12H2,1-4H3,(H2,24,25,26). The fraction of sp³-hybridized carbons (Fsp3) is 0.391. The summed E-state index contributed by atoms with van der Waals surface area (Å²) in [7, 11) is 1.42. The van der Waals surface area contributed by atoms with Gasteiger partial charge in [0.05, 0.1) is 12.8 Å². The maximum Gasteiger partial charge on any atom is 0.333 e. The van der Waals surface area contributed by atoms with Crippen LogP contribution in [0, 0.1) is 0 Å². The van der Waals surface area contributed by atoms with Gasteiger partial charge in [0.15, 0.2) is 11.5 Å². The summed E-state index contributed by atoms with van der Waals surface area (Å²) in [6, 6.07) is 8.39. The molecule has 0 fully saturated rings. The predicted molar refractivity (Wildman–Crippen MR) is 115 cm³/mol. The quantitative estimate of drug-likeness (QED) is 0.776. The number of nitrogens with two attached hydrogens (primary N) is 1. The summed E-state index contributed by atoms with van der Waals surface area (Å²) >= 11 is 0. The molecular formula is C23H26N4O3. The smallest absolute Gasteiger partial charge is 0.333 e.